The van der Waals surface area contributed by atoms with Gasteiger partial charge in [0.05, 0.1) is 12.5 Å². The Balaban J connectivity index is 2.23. The topological polar surface area (TPSA) is 58.6 Å². The van der Waals surface area contributed by atoms with Crippen molar-refractivity contribution in [2.45, 2.75) is 19.9 Å². The highest BCUT2D eigenvalue weighted by atomic mass is 16.5. The molecule has 1 atom stereocenters. The third kappa shape index (κ3) is 3.20. The first-order valence-corrected chi connectivity index (χ1v) is 5.09. The minimum absolute atomic E-state index is 0.0112. The van der Waals surface area contributed by atoms with Crippen LogP contribution in [0.4, 0.5) is 0 Å². The average molecular weight is 214 g/mol. The summed E-state index contributed by atoms with van der Waals surface area (Å²) in [7, 11) is 1.60. The minimum atomic E-state index is -0.0480. The third-order valence-corrected chi connectivity index (χ3v) is 2.50. The maximum absolute atomic E-state index is 11.6. The lowest BCUT2D eigenvalue weighted by Crippen LogP contribution is -2.56. The molecule has 1 fully saturated rings. The van der Waals surface area contributed by atoms with Crippen molar-refractivity contribution in [3.05, 3.63) is 0 Å². The molecule has 1 N–H and O–H groups in total. The summed E-state index contributed by atoms with van der Waals surface area (Å²) in [4.78, 5) is 24.1. The minimum Gasteiger partial charge on any atom is -0.383 e. The van der Waals surface area contributed by atoms with Gasteiger partial charge in [0, 0.05) is 33.2 Å². The van der Waals surface area contributed by atoms with Gasteiger partial charge >= 0.3 is 0 Å². The quantitative estimate of drug-likeness (QED) is 0.693. The second-order valence-electron chi connectivity index (χ2n) is 3.99. The van der Waals surface area contributed by atoms with Crippen molar-refractivity contribution in [3.8, 4) is 0 Å². The molecule has 0 radical (unpaired) electrons. The first kappa shape index (κ1) is 12.0. The van der Waals surface area contributed by atoms with Crippen LogP contribution in [0.15, 0.2) is 0 Å². The van der Waals surface area contributed by atoms with Crippen LogP contribution < -0.4 is 5.32 Å². The highest BCUT2D eigenvalue weighted by molar-refractivity contribution is 5.83. The number of amides is 2. The molecule has 0 aromatic carbocycles. The molecule has 2 amide bonds. The number of carbonyl (C=O) groups excluding carboxylic acids is 2. The van der Waals surface area contributed by atoms with Gasteiger partial charge in [-0.25, -0.2) is 0 Å². The Morgan fingerprint density at radius 3 is 2.60 bits per heavy atom. The number of nitrogens with zero attached hydrogens (tertiary/aromatic N) is 1. The summed E-state index contributed by atoms with van der Waals surface area (Å²) in [6, 6.07) is 0.0221. The van der Waals surface area contributed by atoms with Gasteiger partial charge in [-0.15, -0.1) is 0 Å². The van der Waals surface area contributed by atoms with Crippen molar-refractivity contribution in [1.82, 2.24) is 10.2 Å². The summed E-state index contributed by atoms with van der Waals surface area (Å²) in [6.45, 7) is 5.00. The van der Waals surface area contributed by atoms with Crippen LogP contribution in [0.2, 0.25) is 0 Å². The normalized spacial score (nSPS) is 18.2. The van der Waals surface area contributed by atoms with Crippen molar-refractivity contribution in [3.63, 3.8) is 0 Å². The first-order valence-electron chi connectivity index (χ1n) is 5.09. The van der Waals surface area contributed by atoms with E-state index in [1.165, 1.54) is 6.92 Å². The zero-order valence-corrected chi connectivity index (χ0v) is 9.45. The Bertz CT molecular complexity index is 249. The van der Waals surface area contributed by atoms with Crippen LogP contribution in [0.25, 0.3) is 0 Å². The zero-order chi connectivity index (χ0) is 11.4. The molecule has 0 spiro atoms. The van der Waals surface area contributed by atoms with E-state index in [9.17, 15) is 9.59 Å². The highest BCUT2D eigenvalue weighted by Crippen LogP contribution is 2.15. The lowest BCUT2D eigenvalue weighted by molar-refractivity contribution is -0.141. The molecule has 1 rings (SSSR count). The molecule has 1 heterocycles. The van der Waals surface area contributed by atoms with Gasteiger partial charge in [0.25, 0.3) is 0 Å². The number of nitrogens with one attached hydrogen (secondary N) is 1. The van der Waals surface area contributed by atoms with Gasteiger partial charge in [0.15, 0.2) is 0 Å². The largest absolute Gasteiger partial charge is 0.383 e. The molecule has 0 saturated carbocycles. The first-order chi connectivity index (χ1) is 7.04. The molecule has 5 nitrogen and oxygen atoms in total. The smallest absolute Gasteiger partial charge is 0.226 e. The van der Waals surface area contributed by atoms with E-state index in [1.54, 1.807) is 12.0 Å². The van der Waals surface area contributed by atoms with Crippen LogP contribution >= 0.6 is 0 Å². The lowest BCUT2D eigenvalue weighted by atomic mass is 9.99. The number of rotatable bonds is 4. The Morgan fingerprint density at radius 2 is 2.13 bits per heavy atom. The van der Waals surface area contributed by atoms with Gasteiger partial charge in [0.1, 0.15) is 0 Å². The maximum atomic E-state index is 11.6. The highest BCUT2D eigenvalue weighted by Gasteiger charge is 2.34. The number of hydrogen-bond acceptors (Lipinski definition) is 3. The standard InChI is InChI=1S/C10H18N2O3/c1-7(6-15-3)11-10(14)9-4-12(5-9)8(2)13/h7,9H,4-6H2,1-3H3,(H,11,14). The van der Waals surface area contributed by atoms with E-state index in [-0.39, 0.29) is 23.8 Å². The summed E-state index contributed by atoms with van der Waals surface area (Å²) < 4.78 is 4.92. The van der Waals surface area contributed by atoms with Gasteiger partial charge in [-0.05, 0) is 6.92 Å². The van der Waals surface area contributed by atoms with Crippen LogP contribution in [0.5, 0.6) is 0 Å². The Kier molecular flexibility index (Phi) is 4.08. The van der Waals surface area contributed by atoms with Crippen molar-refractivity contribution in [2.75, 3.05) is 26.8 Å². The molecule has 86 valence electrons. The number of ether oxygens (including phenoxy) is 1. The predicted molar refractivity (Wildman–Crippen MR) is 55.2 cm³/mol. The van der Waals surface area contributed by atoms with Crippen molar-refractivity contribution in [2.24, 2.45) is 5.92 Å². The van der Waals surface area contributed by atoms with E-state index in [1.807, 2.05) is 6.92 Å². The SMILES string of the molecule is COCC(C)NC(=O)C1CN(C(C)=O)C1. The Morgan fingerprint density at radius 1 is 1.53 bits per heavy atom. The third-order valence-electron chi connectivity index (χ3n) is 2.50. The van der Waals surface area contributed by atoms with Crippen LogP contribution in [0, 0.1) is 5.92 Å². The molecule has 1 aliphatic rings. The summed E-state index contributed by atoms with van der Waals surface area (Å²) in [5, 5.41) is 2.84. The zero-order valence-electron chi connectivity index (χ0n) is 9.45. The molecule has 0 aliphatic carbocycles. The lowest BCUT2D eigenvalue weighted by Gasteiger charge is -2.37. The molecule has 0 aromatic rings. The van der Waals surface area contributed by atoms with Crippen LogP contribution in [0.1, 0.15) is 13.8 Å². The van der Waals surface area contributed by atoms with Crippen molar-refractivity contribution in [1.29, 1.82) is 0 Å². The maximum Gasteiger partial charge on any atom is 0.226 e. The number of likely N-dealkylation sites (tertiary alicyclic amines) is 1. The molecule has 5 heteroatoms. The van der Waals surface area contributed by atoms with Crippen molar-refractivity contribution >= 4 is 11.8 Å². The second-order valence-corrected chi connectivity index (χ2v) is 3.99. The van der Waals surface area contributed by atoms with Gasteiger partial charge in [-0.2, -0.15) is 0 Å². The fraction of sp³-hybridized carbons (Fsp3) is 0.800. The summed E-state index contributed by atoms with van der Waals surface area (Å²) in [5.41, 5.74) is 0. The molecule has 0 aromatic heterocycles. The van der Waals surface area contributed by atoms with Gasteiger partial charge in [0.2, 0.25) is 11.8 Å². The van der Waals surface area contributed by atoms with Crippen LogP contribution in [0.3, 0.4) is 0 Å². The molecule has 1 unspecified atom stereocenters. The van der Waals surface area contributed by atoms with Gasteiger partial charge in [-0.3, -0.25) is 9.59 Å². The fourth-order valence-corrected chi connectivity index (χ4v) is 1.55. The van der Waals surface area contributed by atoms with E-state index in [4.69, 9.17) is 4.74 Å². The summed E-state index contributed by atoms with van der Waals surface area (Å²) >= 11 is 0. The molecule has 1 aliphatic heterocycles. The number of hydrogen-bond donors (Lipinski definition) is 1. The molecular weight excluding hydrogens is 196 g/mol. The van der Waals surface area contributed by atoms with E-state index in [2.05, 4.69) is 5.32 Å². The number of carbonyl (C=O) groups is 2. The molecule has 15 heavy (non-hydrogen) atoms. The summed E-state index contributed by atoms with van der Waals surface area (Å²) in [5.74, 6) is -0.00533. The second kappa shape index (κ2) is 5.11. The van der Waals surface area contributed by atoms with E-state index < -0.39 is 0 Å². The fourth-order valence-electron chi connectivity index (χ4n) is 1.55. The predicted octanol–water partition coefficient (Wildman–Crippen LogP) is -0.384. The monoisotopic (exact) mass is 214 g/mol. The molecule has 0 bridgehead atoms. The number of methoxy groups -OCH3 is 1. The molecular formula is C10H18N2O3. The Labute approximate surface area is 89.8 Å². The van der Waals surface area contributed by atoms with Gasteiger partial charge in [-0.1, -0.05) is 0 Å². The van der Waals surface area contributed by atoms with Crippen molar-refractivity contribution < 1.29 is 14.3 Å². The van der Waals surface area contributed by atoms with Crippen LogP contribution in [-0.2, 0) is 14.3 Å². The Hall–Kier alpha value is -1.10. The molecule has 1 saturated heterocycles. The van der Waals surface area contributed by atoms with Crippen LogP contribution in [-0.4, -0.2) is 49.6 Å². The van der Waals surface area contributed by atoms with E-state index in [0.29, 0.717) is 19.7 Å². The average Bonchev–Trinajstić information content (AvgIpc) is 1.99. The van der Waals surface area contributed by atoms with E-state index in [0.717, 1.165) is 0 Å². The summed E-state index contributed by atoms with van der Waals surface area (Å²) in [6.07, 6.45) is 0. The van der Waals surface area contributed by atoms with Gasteiger partial charge < -0.3 is 15.0 Å². The van der Waals surface area contributed by atoms with E-state index >= 15 is 0 Å².